The van der Waals surface area contributed by atoms with Crippen molar-refractivity contribution < 1.29 is 4.74 Å². The first-order valence-corrected chi connectivity index (χ1v) is 8.38. The van der Waals surface area contributed by atoms with Crippen molar-refractivity contribution in [2.75, 3.05) is 12.3 Å². The molecule has 1 saturated carbocycles. The number of hydrogen-bond donors (Lipinski definition) is 1. The van der Waals surface area contributed by atoms with Gasteiger partial charge in [-0.25, -0.2) is 4.98 Å². The van der Waals surface area contributed by atoms with Crippen LogP contribution in [0.15, 0.2) is 12.3 Å². The van der Waals surface area contributed by atoms with Gasteiger partial charge in [0.1, 0.15) is 5.39 Å². The first-order chi connectivity index (χ1) is 11.3. The summed E-state index contributed by atoms with van der Waals surface area (Å²) in [5.74, 6) is 1.49. The molecule has 1 aliphatic carbocycles. The Kier molecular flexibility index (Phi) is 4.65. The molecule has 0 spiro atoms. The lowest BCUT2D eigenvalue weighted by atomic mass is 9.79. The topological polar surface area (TPSA) is 89.8 Å². The number of ether oxygens (including phenoxy) is 1. The van der Waals surface area contributed by atoms with Gasteiger partial charge in [-0.15, -0.1) is 0 Å². The van der Waals surface area contributed by atoms with Gasteiger partial charge in [0.25, 0.3) is 0 Å². The molecule has 0 aromatic carbocycles. The zero-order valence-electron chi connectivity index (χ0n) is 13.5. The second-order valence-corrected chi connectivity index (χ2v) is 6.16. The summed E-state index contributed by atoms with van der Waals surface area (Å²) < 4.78 is 7.71. The van der Waals surface area contributed by atoms with Crippen molar-refractivity contribution in [1.82, 2.24) is 14.8 Å². The maximum absolute atomic E-state index is 9.18. The highest BCUT2D eigenvalue weighted by Crippen LogP contribution is 2.40. The van der Waals surface area contributed by atoms with Crippen LogP contribution in [-0.2, 0) is 0 Å². The maximum atomic E-state index is 9.18. The SMILES string of the molecule is CCCCOc1nccc2c1c(N)nn2C(CC#N)C1CCC1. The molecule has 0 radical (unpaired) electrons. The largest absolute Gasteiger partial charge is 0.477 e. The van der Waals surface area contributed by atoms with Crippen LogP contribution in [0.3, 0.4) is 0 Å². The Bertz CT molecular complexity index is 714. The Balaban J connectivity index is 1.98. The molecule has 0 aliphatic heterocycles. The predicted octanol–water partition coefficient (Wildman–Crippen LogP) is 3.45. The minimum Gasteiger partial charge on any atom is -0.477 e. The molecule has 1 atom stereocenters. The van der Waals surface area contributed by atoms with E-state index >= 15 is 0 Å². The van der Waals surface area contributed by atoms with E-state index in [2.05, 4.69) is 23.1 Å². The average molecular weight is 313 g/mol. The van der Waals surface area contributed by atoms with E-state index in [1.807, 2.05) is 10.7 Å². The fraction of sp³-hybridized carbons (Fsp3) is 0.588. The normalized spacial score (nSPS) is 16.0. The number of nitriles is 1. The summed E-state index contributed by atoms with van der Waals surface area (Å²) in [6.45, 7) is 2.74. The van der Waals surface area contributed by atoms with Gasteiger partial charge in [0.2, 0.25) is 5.88 Å². The maximum Gasteiger partial charge on any atom is 0.226 e. The van der Waals surface area contributed by atoms with Crippen molar-refractivity contribution in [3.05, 3.63) is 12.3 Å². The van der Waals surface area contributed by atoms with Gasteiger partial charge in [0, 0.05) is 6.20 Å². The molecule has 2 aromatic heterocycles. The highest BCUT2D eigenvalue weighted by Gasteiger charge is 2.31. The molecule has 23 heavy (non-hydrogen) atoms. The van der Waals surface area contributed by atoms with Gasteiger partial charge in [-0.2, -0.15) is 10.4 Å². The number of unbranched alkanes of at least 4 members (excludes halogenated alkanes) is 1. The molecule has 2 aromatic rings. The number of fused-ring (bicyclic) bond motifs is 1. The van der Waals surface area contributed by atoms with Gasteiger partial charge in [0.15, 0.2) is 5.82 Å². The monoisotopic (exact) mass is 313 g/mol. The van der Waals surface area contributed by atoms with Crippen LogP contribution >= 0.6 is 0 Å². The summed E-state index contributed by atoms with van der Waals surface area (Å²) >= 11 is 0. The third kappa shape index (κ3) is 2.96. The number of pyridine rings is 1. The van der Waals surface area contributed by atoms with Crippen LogP contribution in [0.1, 0.15) is 51.5 Å². The van der Waals surface area contributed by atoms with Crippen LogP contribution in [0.5, 0.6) is 5.88 Å². The number of nitrogen functional groups attached to an aromatic ring is 1. The van der Waals surface area contributed by atoms with E-state index < -0.39 is 0 Å². The number of nitrogens with zero attached hydrogens (tertiary/aromatic N) is 4. The molecule has 1 fully saturated rings. The Morgan fingerprint density at radius 1 is 1.52 bits per heavy atom. The minimum atomic E-state index is 0.0828. The summed E-state index contributed by atoms with van der Waals surface area (Å²) in [6, 6.07) is 4.29. The summed E-state index contributed by atoms with van der Waals surface area (Å²) in [4.78, 5) is 4.32. The van der Waals surface area contributed by atoms with E-state index in [1.165, 1.54) is 6.42 Å². The molecule has 0 bridgehead atoms. The van der Waals surface area contributed by atoms with E-state index in [1.54, 1.807) is 6.20 Å². The third-order valence-corrected chi connectivity index (χ3v) is 4.66. The van der Waals surface area contributed by atoms with Crippen LogP contribution in [0.25, 0.3) is 10.9 Å². The predicted molar refractivity (Wildman–Crippen MR) is 89.0 cm³/mol. The van der Waals surface area contributed by atoms with Crippen molar-refractivity contribution in [3.8, 4) is 11.9 Å². The lowest BCUT2D eigenvalue weighted by molar-refractivity contribution is 0.203. The number of rotatable bonds is 7. The molecule has 6 heteroatoms. The lowest BCUT2D eigenvalue weighted by Crippen LogP contribution is -2.25. The first-order valence-electron chi connectivity index (χ1n) is 8.38. The number of aromatic nitrogens is 3. The van der Waals surface area contributed by atoms with Gasteiger partial charge in [-0.1, -0.05) is 19.8 Å². The first kappa shape index (κ1) is 15.6. The lowest BCUT2D eigenvalue weighted by Gasteiger charge is -2.32. The van der Waals surface area contributed by atoms with Crippen LogP contribution in [-0.4, -0.2) is 21.4 Å². The van der Waals surface area contributed by atoms with Crippen LogP contribution in [0.2, 0.25) is 0 Å². The number of hydrogen-bond acceptors (Lipinski definition) is 5. The summed E-state index contributed by atoms with van der Waals surface area (Å²) in [5, 5.41) is 14.5. The Morgan fingerprint density at radius 3 is 3.00 bits per heavy atom. The molecule has 3 rings (SSSR count). The number of anilines is 1. The van der Waals surface area contributed by atoms with Crippen molar-refractivity contribution in [3.63, 3.8) is 0 Å². The molecule has 1 aliphatic rings. The van der Waals surface area contributed by atoms with Crippen molar-refractivity contribution >= 4 is 16.7 Å². The molecule has 2 heterocycles. The average Bonchev–Trinajstić information content (AvgIpc) is 2.83. The van der Waals surface area contributed by atoms with Crippen LogP contribution < -0.4 is 10.5 Å². The van der Waals surface area contributed by atoms with Crippen molar-refractivity contribution in [2.45, 2.75) is 51.5 Å². The summed E-state index contributed by atoms with van der Waals surface area (Å²) in [7, 11) is 0. The second-order valence-electron chi connectivity index (χ2n) is 6.16. The van der Waals surface area contributed by atoms with Crippen LogP contribution in [0, 0.1) is 17.2 Å². The van der Waals surface area contributed by atoms with E-state index in [4.69, 9.17) is 10.5 Å². The standard InChI is InChI=1S/C17H23N5O/c1-2-3-11-23-17-15-14(8-10-20-17)22(21-16(15)19)13(7-9-18)12-5-4-6-12/h8,10,12-13H,2-7,11H2,1H3,(H2,19,21). The molecular formula is C17H23N5O. The second kappa shape index (κ2) is 6.86. The molecule has 122 valence electrons. The number of nitrogens with two attached hydrogens (primary N) is 1. The fourth-order valence-corrected chi connectivity index (χ4v) is 3.13. The quantitative estimate of drug-likeness (QED) is 0.791. The molecule has 0 saturated heterocycles. The van der Waals surface area contributed by atoms with Crippen molar-refractivity contribution in [2.24, 2.45) is 5.92 Å². The third-order valence-electron chi connectivity index (χ3n) is 4.66. The van der Waals surface area contributed by atoms with Crippen molar-refractivity contribution in [1.29, 1.82) is 5.26 Å². The highest BCUT2D eigenvalue weighted by molar-refractivity contribution is 5.93. The van der Waals surface area contributed by atoms with Gasteiger partial charge in [-0.05, 0) is 31.2 Å². The van der Waals surface area contributed by atoms with Gasteiger partial charge in [-0.3, -0.25) is 4.68 Å². The van der Waals surface area contributed by atoms with E-state index in [-0.39, 0.29) is 6.04 Å². The Hall–Kier alpha value is -2.29. The van der Waals surface area contributed by atoms with E-state index in [0.29, 0.717) is 30.6 Å². The molecule has 0 amide bonds. The van der Waals surface area contributed by atoms with Gasteiger partial charge < -0.3 is 10.5 Å². The zero-order valence-corrected chi connectivity index (χ0v) is 13.5. The van der Waals surface area contributed by atoms with E-state index in [0.717, 1.165) is 36.6 Å². The summed E-state index contributed by atoms with van der Waals surface area (Å²) in [5.41, 5.74) is 7.05. The Labute approximate surface area is 136 Å². The van der Waals surface area contributed by atoms with E-state index in [9.17, 15) is 5.26 Å². The summed E-state index contributed by atoms with van der Waals surface area (Å²) in [6.07, 6.45) is 7.76. The van der Waals surface area contributed by atoms with Crippen LogP contribution in [0.4, 0.5) is 5.82 Å². The minimum absolute atomic E-state index is 0.0828. The molecule has 6 nitrogen and oxygen atoms in total. The molecular weight excluding hydrogens is 290 g/mol. The molecule has 1 unspecified atom stereocenters. The highest BCUT2D eigenvalue weighted by atomic mass is 16.5. The Morgan fingerprint density at radius 2 is 2.35 bits per heavy atom. The van der Waals surface area contributed by atoms with Gasteiger partial charge >= 0.3 is 0 Å². The fourth-order valence-electron chi connectivity index (χ4n) is 3.13. The zero-order chi connectivity index (χ0) is 16.2. The smallest absolute Gasteiger partial charge is 0.226 e. The molecule has 2 N–H and O–H groups in total. The van der Waals surface area contributed by atoms with Gasteiger partial charge in [0.05, 0.1) is 30.7 Å².